The fourth-order valence-corrected chi connectivity index (χ4v) is 6.55. The molecule has 35 heavy (non-hydrogen) atoms. The number of carbonyl (C=O) groups excluding carboxylic acids is 1. The van der Waals surface area contributed by atoms with E-state index in [2.05, 4.69) is 27.4 Å². The Morgan fingerprint density at radius 2 is 1.94 bits per heavy atom. The molecule has 0 N–H and O–H groups in total. The molecular formula is C28H40BClO5. The van der Waals surface area contributed by atoms with E-state index in [-0.39, 0.29) is 23.9 Å². The van der Waals surface area contributed by atoms with Crippen molar-refractivity contribution in [3.05, 3.63) is 48.6 Å². The van der Waals surface area contributed by atoms with Crippen molar-refractivity contribution in [1.82, 2.24) is 0 Å². The highest BCUT2D eigenvalue weighted by atomic mass is 35.5. The van der Waals surface area contributed by atoms with Gasteiger partial charge in [0, 0.05) is 6.42 Å². The molecule has 1 heterocycles. The number of carbonyl (C=O) groups is 1. The molecule has 1 saturated heterocycles. The fourth-order valence-electron chi connectivity index (χ4n) is 6.28. The maximum atomic E-state index is 12.5. The minimum Gasteiger partial charge on any atom is -0.460 e. The number of alkyl halides is 1. The third kappa shape index (κ3) is 5.09. The molecule has 7 heteroatoms. The van der Waals surface area contributed by atoms with E-state index < -0.39 is 29.2 Å². The van der Waals surface area contributed by atoms with Crippen molar-refractivity contribution < 1.29 is 23.6 Å². The van der Waals surface area contributed by atoms with E-state index in [1.165, 1.54) is 0 Å². The summed E-state index contributed by atoms with van der Waals surface area (Å²) in [4.78, 5) is 12.5. The Kier molecular flexibility index (Phi) is 7.27. The van der Waals surface area contributed by atoms with Gasteiger partial charge >= 0.3 is 13.1 Å². The van der Waals surface area contributed by atoms with Gasteiger partial charge in [0.1, 0.15) is 10.4 Å². The van der Waals surface area contributed by atoms with Crippen LogP contribution in [0.25, 0.3) is 0 Å². The van der Waals surface area contributed by atoms with Gasteiger partial charge in [-0.25, -0.2) is 0 Å². The Hall–Kier alpha value is -1.34. The smallest absolute Gasteiger partial charge is 0.460 e. The van der Waals surface area contributed by atoms with E-state index in [0.717, 1.165) is 18.4 Å². The summed E-state index contributed by atoms with van der Waals surface area (Å²) in [5.41, 5.74) is 0.298. The van der Waals surface area contributed by atoms with Crippen LogP contribution in [0, 0.1) is 17.3 Å². The van der Waals surface area contributed by atoms with Crippen molar-refractivity contribution in [3.8, 4) is 0 Å². The number of rotatable bonds is 9. The summed E-state index contributed by atoms with van der Waals surface area (Å²) in [5, 5.41) is 0. The zero-order valence-electron chi connectivity index (χ0n) is 22.0. The van der Waals surface area contributed by atoms with Gasteiger partial charge < -0.3 is 18.8 Å². The average Bonchev–Trinajstić information content (AvgIpc) is 3.15. The standard InChI is InChI=1S/C28H40BClO5/c1-8-28(30,29-34-23-17-20-16-21(26(20,5)6)27(23,7)35-29)22(14-15-24(31)33-25(2,3)4)32-18-19-12-10-9-11-13-19/h8-13,20-23H,1,14-18H2,2-7H3/t20-,21-,22+,23-,27+,28+/m0/s1. The van der Waals surface area contributed by atoms with Crippen LogP contribution in [0.2, 0.25) is 0 Å². The fraction of sp³-hybridized carbons (Fsp3) is 0.679. The summed E-state index contributed by atoms with van der Waals surface area (Å²) in [6.45, 7) is 16.8. The van der Waals surface area contributed by atoms with Gasteiger partial charge in [-0.3, -0.25) is 4.79 Å². The van der Waals surface area contributed by atoms with Gasteiger partial charge in [-0.05, 0) is 69.8 Å². The Labute approximate surface area is 216 Å². The van der Waals surface area contributed by atoms with E-state index in [1.54, 1.807) is 6.08 Å². The quantitative estimate of drug-likeness (QED) is 0.176. The van der Waals surface area contributed by atoms with Gasteiger partial charge in [-0.1, -0.05) is 50.3 Å². The lowest BCUT2D eigenvalue weighted by Crippen LogP contribution is -2.65. The Balaban J connectivity index is 1.53. The van der Waals surface area contributed by atoms with Gasteiger partial charge in [0.05, 0.1) is 24.4 Å². The third-order valence-electron chi connectivity index (χ3n) is 8.44. The summed E-state index contributed by atoms with van der Waals surface area (Å²) in [6, 6.07) is 9.91. The Morgan fingerprint density at radius 3 is 2.54 bits per heavy atom. The SMILES string of the molecule is C=C[C@](Cl)(B1O[C@H]2C[C@@H]3C[C@@H](C3(C)C)[C@@]2(C)O1)[C@@H](CCC(=O)OC(C)(C)C)OCc1ccccc1. The number of ether oxygens (including phenoxy) is 2. The normalized spacial score (nSPS) is 31.6. The van der Waals surface area contributed by atoms with Crippen LogP contribution >= 0.6 is 11.6 Å². The molecule has 4 aliphatic rings. The molecule has 0 unspecified atom stereocenters. The molecule has 192 valence electrons. The second-order valence-electron chi connectivity index (χ2n) is 12.2. The summed E-state index contributed by atoms with van der Waals surface area (Å²) in [5.74, 6) is 0.768. The third-order valence-corrected chi connectivity index (χ3v) is 9.02. The topological polar surface area (TPSA) is 54.0 Å². The largest absolute Gasteiger partial charge is 0.487 e. The maximum absolute atomic E-state index is 12.5. The number of hydrogen-bond acceptors (Lipinski definition) is 5. The maximum Gasteiger partial charge on any atom is 0.487 e. The molecule has 5 nitrogen and oxygen atoms in total. The predicted molar refractivity (Wildman–Crippen MR) is 139 cm³/mol. The highest BCUT2D eigenvalue weighted by molar-refractivity contribution is 6.64. The summed E-state index contributed by atoms with van der Waals surface area (Å²) < 4.78 is 24.0. The van der Waals surface area contributed by atoms with Crippen molar-refractivity contribution in [2.45, 2.75) is 102 Å². The first kappa shape index (κ1) is 26.7. The monoisotopic (exact) mass is 502 g/mol. The van der Waals surface area contributed by atoms with Crippen LogP contribution in [0.3, 0.4) is 0 Å². The minimum absolute atomic E-state index is 0.0111. The van der Waals surface area contributed by atoms with Crippen LogP contribution in [0.5, 0.6) is 0 Å². The van der Waals surface area contributed by atoms with Crippen molar-refractivity contribution in [2.24, 2.45) is 17.3 Å². The number of halogens is 1. The number of hydrogen-bond donors (Lipinski definition) is 0. The lowest BCUT2D eigenvalue weighted by atomic mass is 9.43. The molecule has 0 amide bonds. The van der Waals surface area contributed by atoms with Crippen LogP contribution in [0.15, 0.2) is 43.0 Å². The van der Waals surface area contributed by atoms with Gasteiger partial charge in [0.2, 0.25) is 0 Å². The van der Waals surface area contributed by atoms with Gasteiger partial charge in [0.25, 0.3) is 0 Å². The summed E-state index contributed by atoms with van der Waals surface area (Å²) in [7, 11) is -0.716. The van der Waals surface area contributed by atoms with Crippen LogP contribution in [0.1, 0.15) is 72.8 Å². The van der Waals surface area contributed by atoms with E-state index in [1.807, 2.05) is 51.1 Å². The highest BCUT2D eigenvalue weighted by Crippen LogP contribution is 2.66. The Morgan fingerprint density at radius 1 is 1.26 bits per heavy atom. The molecule has 1 aromatic rings. The van der Waals surface area contributed by atoms with Crippen LogP contribution < -0.4 is 0 Å². The van der Waals surface area contributed by atoms with Gasteiger partial charge in [-0.2, -0.15) is 0 Å². The molecule has 3 aliphatic carbocycles. The zero-order chi connectivity index (χ0) is 25.6. The molecule has 0 aromatic heterocycles. The zero-order valence-corrected chi connectivity index (χ0v) is 22.8. The lowest BCUT2D eigenvalue weighted by Gasteiger charge is -2.64. The first-order chi connectivity index (χ1) is 16.3. The molecule has 5 rings (SSSR count). The predicted octanol–water partition coefficient (Wildman–Crippen LogP) is 6.12. The molecule has 6 atom stereocenters. The van der Waals surface area contributed by atoms with Crippen molar-refractivity contribution in [2.75, 3.05) is 0 Å². The van der Waals surface area contributed by atoms with Crippen molar-refractivity contribution in [3.63, 3.8) is 0 Å². The van der Waals surface area contributed by atoms with Gasteiger partial charge in [-0.15, -0.1) is 18.2 Å². The van der Waals surface area contributed by atoms with Crippen molar-refractivity contribution >= 4 is 24.7 Å². The first-order valence-corrected chi connectivity index (χ1v) is 13.2. The lowest BCUT2D eigenvalue weighted by molar-refractivity contribution is -0.199. The second kappa shape index (κ2) is 9.52. The molecule has 2 bridgehead atoms. The number of esters is 1. The highest BCUT2D eigenvalue weighted by Gasteiger charge is 2.70. The molecule has 1 aliphatic heterocycles. The molecule has 0 radical (unpaired) electrons. The number of benzene rings is 1. The average molecular weight is 503 g/mol. The van der Waals surface area contributed by atoms with E-state index >= 15 is 0 Å². The van der Waals surface area contributed by atoms with Gasteiger partial charge in [0.15, 0.2) is 0 Å². The van der Waals surface area contributed by atoms with E-state index in [0.29, 0.717) is 24.9 Å². The van der Waals surface area contributed by atoms with Crippen LogP contribution in [-0.4, -0.2) is 41.3 Å². The molecule has 1 aromatic carbocycles. The molecule has 0 spiro atoms. The first-order valence-electron chi connectivity index (χ1n) is 12.8. The van der Waals surface area contributed by atoms with Crippen molar-refractivity contribution in [1.29, 1.82) is 0 Å². The van der Waals surface area contributed by atoms with Crippen LogP contribution in [0.4, 0.5) is 0 Å². The van der Waals surface area contributed by atoms with Crippen LogP contribution in [-0.2, 0) is 30.2 Å². The van der Waals surface area contributed by atoms with E-state index in [9.17, 15) is 4.79 Å². The molecule has 4 fully saturated rings. The minimum atomic E-state index is -1.16. The molecule has 3 saturated carbocycles. The Bertz CT molecular complexity index is 931. The second-order valence-corrected chi connectivity index (χ2v) is 12.9. The summed E-state index contributed by atoms with van der Waals surface area (Å²) >= 11 is 7.29. The van der Waals surface area contributed by atoms with E-state index in [4.69, 9.17) is 30.4 Å². The summed E-state index contributed by atoms with van der Waals surface area (Å²) in [6.07, 6.45) is 3.75. The molecular weight excluding hydrogens is 463 g/mol.